The first-order valence-corrected chi connectivity index (χ1v) is 7.00. The summed E-state index contributed by atoms with van der Waals surface area (Å²) in [6.07, 6.45) is 5.04. The number of ether oxygens (including phenoxy) is 1. The molecular formula is C15H18N2O4. The molecule has 21 heavy (non-hydrogen) atoms. The van der Waals surface area contributed by atoms with E-state index in [0.717, 1.165) is 12.0 Å². The lowest BCUT2D eigenvalue weighted by Gasteiger charge is -2.26. The molecule has 1 saturated heterocycles. The van der Waals surface area contributed by atoms with E-state index in [0.29, 0.717) is 39.1 Å². The van der Waals surface area contributed by atoms with Crippen molar-refractivity contribution in [3.8, 4) is 0 Å². The van der Waals surface area contributed by atoms with Crippen molar-refractivity contribution in [1.82, 2.24) is 4.90 Å². The van der Waals surface area contributed by atoms with E-state index in [1.807, 2.05) is 4.90 Å². The van der Waals surface area contributed by atoms with Crippen molar-refractivity contribution >= 4 is 11.6 Å². The van der Waals surface area contributed by atoms with Crippen LogP contribution in [0, 0.1) is 16.5 Å². The van der Waals surface area contributed by atoms with Gasteiger partial charge in [0.05, 0.1) is 18.1 Å². The summed E-state index contributed by atoms with van der Waals surface area (Å²) >= 11 is 0. The van der Waals surface area contributed by atoms with Crippen LogP contribution in [-0.4, -0.2) is 42.0 Å². The number of carbonyl (C=O) groups excluding carboxylic acids is 1. The number of unbranched alkanes of at least 4 members (excludes halogenated alkanes) is 1. The second kappa shape index (κ2) is 7.73. The monoisotopic (exact) mass is 290 g/mol. The molecule has 1 aromatic carbocycles. The number of carbonyl (C=O) groups is 1. The van der Waals surface area contributed by atoms with Crippen molar-refractivity contribution in [2.75, 3.05) is 26.3 Å². The zero-order chi connectivity index (χ0) is 15.1. The van der Waals surface area contributed by atoms with E-state index in [2.05, 4.69) is 6.42 Å². The Morgan fingerprint density at radius 2 is 1.95 bits per heavy atom. The molecule has 0 spiro atoms. The molecule has 1 heterocycles. The maximum absolute atomic E-state index is 11.9. The maximum Gasteiger partial charge on any atom is 0.269 e. The highest BCUT2D eigenvalue weighted by Gasteiger charge is 2.15. The van der Waals surface area contributed by atoms with Crippen molar-refractivity contribution in [2.45, 2.75) is 19.3 Å². The van der Waals surface area contributed by atoms with Gasteiger partial charge in [-0.25, -0.2) is 0 Å². The minimum Gasteiger partial charge on any atom is -0.378 e. The fraction of sp³-hybridized carbons (Fsp3) is 0.467. The van der Waals surface area contributed by atoms with Crippen LogP contribution in [0.2, 0.25) is 0 Å². The molecule has 0 atom stereocenters. The number of non-ortho nitro benzene ring substituents is 1. The number of rotatable bonds is 6. The molecule has 0 aromatic heterocycles. The molecule has 1 aromatic rings. The van der Waals surface area contributed by atoms with Crippen LogP contribution in [0.1, 0.15) is 24.8 Å². The number of hydrogen-bond donors (Lipinski definition) is 0. The first kappa shape index (κ1) is 15.4. The van der Waals surface area contributed by atoms with Gasteiger partial charge in [-0.2, -0.15) is 0 Å². The van der Waals surface area contributed by atoms with Crippen molar-refractivity contribution in [1.29, 1.82) is 0 Å². The summed E-state index contributed by atoms with van der Waals surface area (Å²) in [5.74, 6) is 0.156. The predicted molar refractivity (Wildman–Crippen MR) is 76.7 cm³/mol. The largest absolute Gasteiger partial charge is 0.378 e. The maximum atomic E-state index is 11.9. The van der Waals surface area contributed by atoms with Crippen LogP contribution in [0.5, 0.6) is 0 Å². The van der Waals surface area contributed by atoms with E-state index in [9.17, 15) is 14.9 Å². The highest BCUT2D eigenvalue weighted by atomic mass is 16.6. The standard InChI is InChI=1S/C15H18N2O4/c18-15(16-9-11-21-12-10-16)4-2-1-3-13-5-7-14(8-6-13)17(19)20/h5-8H,1-2,4,9-12H2. The third kappa shape index (κ3) is 4.82. The molecule has 6 heteroatoms. The fourth-order valence-corrected chi connectivity index (χ4v) is 2.14. The van der Waals surface area contributed by atoms with Crippen molar-refractivity contribution in [3.05, 3.63) is 46.4 Å². The van der Waals surface area contributed by atoms with Gasteiger partial charge in [-0.15, -0.1) is 0 Å². The number of nitrogens with zero attached hydrogens (tertiary/aromatic N) is 2. The van der Waals surface area contributed by atoms with Crippen LogP contribution in [0.25, 0.3) is 0 Å². The van der Waals surface area contributed by atoms with Gasteiger partial charge in [0.2, 0.25) is 5.91 Å². The Labute approximate surface area is 123 Å². The predicted octanol–water partition coefficient (Wildman–Crippen LogP) is 2.05. The van der Waals surface area contributed by atoms with Gasteiger partial charge >= 0.3 is 0 Å². The highest BCUT2D eigenvalue weighted by molar-refractivity contribution is 5.76. The fourth-order valence-electron chi connectivity index (χ4n) is 2.14. The number of nitro benzene ring substituents is 1. The molecule has 1 amide bonds. The molecule has 1 aliphatic rings. The molecule has 0 unspecified atom stereocenters. The first-order chi connectivity index (χ1) is 10.2. The zero-order valence-electron chi connectivity index (χ0n) is 11.8. The number of morpholine rings is 1. The molecule has 0 bridgehead atoms. The summed E-state index contributed by atoms with van der Waals surface area (Å²) in [4.78, 5) is 23.8. The highest BCUT2D eigenvalue weighted by Crippen LogP contribution is 2.15. The average molecular weight is 290 g/mol. The molecule has 2 rings (SSSR count). The van der Waals surface area contributed by atoms with Gasteiger partial charge in [0.15, 0.2) is 0 Å². The summed E-state index contributed by atoms with van der Waals surface area (Å²) in [6, 6.07) is 6.26. The summed E-state index contributed by atoms with van der Waals surface area (Å²) in [7, 11) is 0. The molecule has 6 nitrogen and oxygen atoms in total. The molecular weight excluding hydrogens is 272 g/mol. The minimum absolute atomic E-state index is 0.0723. The van der Waals surface area contributed by atoms with Gasteiger partial charge in [-0.1, -0.05) is 12.1 Å². The van der Waals surface area contributed by atoms with Gasteiger partial charge in [0.1, 0.15) is 0 Å². The Kier molecular flexibility index (Phi) is 5.68. The van der Waals surface area contributed by atoms with E-state index >= 15 is 0 Å². The lowest BCUT2D eigenvalue weighted by atomic mass is 10.1. The average Bonchev–Trinajstić information content (AvgIpc) is 2.52. The smallest absolute Gasteiger partial charge is 0.269 e. The van der Waals surface area contributed by atoms with Gasteiger partial charge < -0.3 is 9.64 Å². The van der Waals surface area contributed by atoms with Gasteiger partial charge in [-0.05, 0) is 18.4 Å². The van der Waals surface area contributed by atoms with E-state index in [-0.39, 0.29) is 11.6 Å². The Bertz CT molecular complexity index is 481. The number of benzene rings is 1. The summed E-state index contributed by atoms with van der Waals surface area (Å²) in [6.45, 7) is 2.59. The Morgan fingerprint density at radius 1 is 1.29 bits per heavy atom. The lowest BCUT2D eigenvalue weighted by molar-refractivity contribution is -0.384. The second-order valence-electron chi connectivity index (χ2n) is 4.83. The van der Waals surface area contributed by atoms with Crippen LogP contribution in [0.3, 0.4) is 0 Å². The number of hydrogen-bond acceptors (Lipinski definition) is 4. The Morgan fingerprint density at radius 3 is 2.57 bits per heavy atom. The molecule has 0 N–H and O–H groups in total. The molecule has 0 aliphatic carbocycles. The molecule has 0 saturated carbocycles. The SMILES string of the molecule is O=C(CCC[C]c1ccc([N+](=O)[O-])cc1)N1CCOCC1. The first-order valence-electron chi connectivity index (χ1n) is 7.00. The van der Waals surface area contributed by atoms with E-state index in [1.54, 1.807) is 12.1 Å². The second-order valence-corrected chi connectivity index (χ2v) is 4.83. The number of amides is 1. The van der Waals surface area contributed by atoms with Gasteiger partial charge in [0, 0.05) is 38.1 Å². The van der Waals surface area contributed by atoms with Crippen LogP contribution in [0.4, 0.5) is 5.69 Å². The van der Waals surface area contributed by atoms with Crippen molar-refractivity contribution in [2.24, 2.45) is 0 Å². The summed E-state index contributed by atoms with van der Waals surface area (Å²) in [5.41, 5.74) is 0.891. The van der Waals surface area contributed by atoms with Crippen molar-refractivity contribution in [3.63, 3.8) is 0 Å². The lowest BCUT2D eigenvalue weighted by Crippen LogP contribution is -2.40. The molecule has 2 radical (unpaired) electrons. The third-order valence-corrected chi connectivity index (χ3v) is 3.34. The Hall–Kier alpha value is -1.95. The van der Waals surface area contributed by atoms with Crippen LogP contribution < -0.4 is 0 Å². The normalized spacial score (nSPS) is 15.0. The number of nitro groups is 1. The Balaban J connectivity index is 1.67. The summed E-state index contributed by atoms with van der Waals surface area (Å²) < 4.78 is 5.21. The van der Waals surface area contributed by atoms with Crippen LogP contribution in [0.15, 0.2) is 24.3 Å². The van der Waals surface area contributed by atoms with Gasteiger partial charge in [0.25, 0.3) is 5.69 Å². The molecule has 112 valence electrons. The van der Waals surface area contributed by atoms with Crippen molar-refractivity contribution < 1.29 is 14.5 Å². The minimum atomic E-state index is -0.426. The van der Waals surface area contributed by atoms with E-state index < -0.39 is 4.92 Å². The molecule has 1 fully saturated rings. The van der Waals surface area contributed by atoms with Crippen LogP contribution >= 0.6 is 0 Å². The van der Waals surface area contributed by atoms with E-state index in [4.69, 9.17) is 4.74 Å². The molecule has 1 aliphatic heterocycles. The van der Waals surface area contributed by atoms with Gasteiger partial charge in [-0.3, -0.25) is 14.9 Å². The summed E-state index contributed by atoms with van der Waals surface area (Å²) in [5, 5.41) is 10.5. The quantitative estimate of drug-likeness (QED) is 0.456. The van der Waals surface area contributed by atoms with Crippen LogP contribution in [-0.2, 0) is 9.53 Å². The third-order valence-electron chi connectivity index (χ3n) is 3.34. The zero-order valence-corrected chi connectivity index (χ0v) is 11.8. The topological polar surface area (TPSA) is 72.7 Å². The van der Waals surface area contributed by atoms with E-state index in [1.165, 1.54) is 12.1 Å².